The molecule has 0 saturated heterocycles. The van der Waals surface area contributed by atoms with Crippen LogP contribution in [0.4, 0.5) is 5.69 Å². The van der Waals surface area contributed by atoms with Crippen molar-refractivity contribution in [2.24, 2.45) is 0 Å². The predicted molar refractivity (Wildman–Crippen MR) is 93.0 cm³/mol. The van der Waals surface area contributed by atoms with E-state index in [1.807, 2.05) is 32.0 Å². The Balaban J connectivity index is 2.07. The minimum absolute atomic E-state index is 0.121. The summed E-state index contributed by atoms with van der Waals surface area (Å²) in [5, 5.41) is 6.18. The maximum Gasteiger partial charge on any atom is 0.251 e. The summed E-state index contributed by atoms with van der Waals surface area (Å²) in [6, 6.07) is 12.5. The van der Waals surface area contributed by atoms with Crippen molar-refractivity contribution in [1.82, 2.24) is 5.32 Å². The minimum atomic E-state index is -0.146. The largest absolute Gasteiger partial charge is 0.352 e. The Morgan fingerprint density at radius 3 is 2.52 bits per heavy atom. The van der Waals surface area contributed by atoms with Gasteiger partial charge in [0.1, 0.15) is 0 Å². The number of nitrogens with one attached hydrogen (secondary N) is 2. The molecule has 0 aliphatic carbocycles. The normalized spacial score (nSPS) is 10.2. The summed E-state index contributed by atoms with van der Waals surface area (Å²) in [5.41, 5.74) is 2.88. The summed E-state index contributed by atoms with van der Waals surface area (Å²) in [6.07, 6.45) is 0.206. The lowest BCUT2D eigenvalue weighted by atomic mass is 10.1. The Bertz CT molecular complexity index is 729. The fourth-order valence-corrected chi connectivity index (χ4v) is 2.42. The van der Waals surface area contributed by atoms with Crippen LogP contribution in [0.25, 0.3) is 0 Å². The van der Waals surface area contributed by atoms with Crippen molar-refractivity contribution in [2.75, 3.05) is 11.9 Å². The van der Waals surface area contributed by atoms with E-state index >= 15 is 0 Å². The second kappa shape index (κ2) is 7.79. The number of hydrogen-bond donors (Lipinski definition) is 2. The van der Waals surface area contributed by atoms with Crippen molar-refractivity contribution in [3.63, 3.8) is 0 Å². The first-order valence-electron chi connectivity index (χ1n) is 7.43. The average molecular weight is 331 g/mol. The molecule has 0 spiro atoms. The zero-order valence-corrected chi connectivity index (χ0v) is 13.9. The van der Waals surface area contributed by atoms with Gasteiger partial charge in [0.25, 0.3) is 5.91 Å². The van der Waals surface area contributed by atoms with E-state index in [1.165, 1.54) is 0 Å². The fourth-order valence-electron chi connectivity index (χ4n) is 2.22. The molecule has 2 aromatic carbocycles. The summed E-state index contributed by atoms with van der Waals surface area (Å²) < 4.78 is 0. The molecule has 4 nitrogen and oxygen atoms in total. The molecule has 5 heteroatoms. The molecule has 0 bridgehead atoms. The van der Waals surface area contributed by atoms with Crippen LogP contribution in [0.1, 0.15) is 28.4 Å². The van der Waals surface area contributed by atoms with E-state index in [4.69, 9.17) is 11.6 Å². The molecule has 0 heterocycles. The number of benzene rings is 2. The smallest absolute Gasteiger partial charge is 0.251 e. The van der Waals surface area contributed by atoms with Gasteiger partial charge in [0.2, 0.25) is 5.91 Å². The van der Waals surface area contributed by atoms with Gasteiger partial charge in [-0.2, -0.15) is 0 Å². The minimum Gasteiger partial charge on any atom is -0.352 e. The number of hydrogen-bond acceptors (Lipinski definition) is 2. The number of anilines is 1. The van der Waals surface area contributed by atoms with Crippen molar-refractivity contribution in [3.8, 4) is 0 Å². The first kappa shape index (κ1) is 17.0. The Kier molecular flexibility index (Phi) is 5.77. The second-order valence-electron chi connectivity index (χ2n) is 5.21. The average Bonchev–Trinajstić information content (AvgIpc) is 2.52. The van der Waals surface area contributed by atoms with Gasteiger partial charge >= 0.3 is 0 Å². The van der Waals surface area contributed by atoms with E-state index < -0.39 is 0 Å². The topological polar surface area (TPSA) is 58.2 Å². The Morgan fingerprint density at radius 2 is 1.87 bits per heavy atom. The SMILES string of the molecule is CCNC(=O)c1ccc(NC(=O)Cc2ccccc2Cl)c(C)c1. The molecule has 0 saturated carbocycles. The fraction of sp³-hybridized carbons (Fsp3) is 0.222. The van der Waals surface area contributed by atoms with Crippen LogP contribution in [0.2, 0.25) is 5.02 Å². The molecule has 0 radical (unpaired) electrons. The van der Waals surface area contributed by atoms with Crippen LogP contribution < -0.4 is 10.6 Å². The van der Waals surface area contributed by atoms with Crippen LogP contribution in [-0.4, -0.2) is 18.4 Å². The van der Waals surface area contributed by atoms with Crippen LogP contribution in [-0.2, 0) is 11.2 Å². The highest BCUT2D eigenvalue weighted by atomic mass is 35.5. The van der Waals surface area contributed by atoms with Crippen LogP contribution in [0.5, 0.6) is 0 Å². The standard InChI is InChI=1S/C18H19ClN2O2/c1-3-20-18(23)14-8-9-16(12(2)10-14)21-17(22)11-13-6-4-5-7-15(13)19/h4-10H,3,11H2,1-2H3,(H,20,23)(H,21,22). The molecule has 0 unspecified atom stereocenters. The third kappa shape index (κ3) is 4.57. The van der Waals surface area contributed by atoms with Gasteiger partial charge in [-0.1, -0.05) is 29.8 Å². The molecule has 0 atom stereocenters. The van der Waals surface area contributed by atoms with E-state index in [0.717, 1.165) is 11.1 Å². The lowest BCUT2D eigenvalue weighted by Crippen LogP contribution is -2.23. The monoisotopic (exact) mass is 330 g/mol. The first-order chi connectivity index (χ1) is 11.0. The number of aryl methyl sites for hydroxylation is 1. The van der Waals surface area contributed by atoms with E-state index in [9.17, 15) is 9.59 Å². The van der Waals surface area contributed by atoms with Gasteiger partial charge in [-0.3, -0.25) is 9.59 Å². The molecule has 0 aliphatic rings. The van der Waals surface area contributed by atoms with Crippen LogP contribution in [0.3, 0.4) is 0 Å². The maximum atomic E-state index is 12.2. The Morgan fingerprint density at radius 1 is 1.13 bits per heavy atom. The van der Waals surface area contributed by atoms with E-state index in [1.54, 1.807) is 24.3 Å². The van der Waals surface area contributed by atoms with Gasteiger partial charge in [-0.25, -0.2) is 0 Å². The van der Waals surface area contributed by atoms with Crippen molar-refractivity contribution >= 4 is 29.1 Å². The van der Waals surface area contributed by atoms with E-state index in [2.05, 4.69) is 10.6 Å². The van der Waals surface area contributed by atoms with Gasteiger partial charge in [-0.15, -0.1) is 0 Å². The summed E-state index contributed by atoms with van der Waals surface area (Å²) in [6.45, 7) is 4.30. The quantitative estimate of drug-likeness (QED) is 0.880. The summed E-state index contributed by atoms with van der Waals surface area (Å²) in [7, 11) is 0. The van der Waals surface area contributed by atoms with Gasteiger partial charge in [0, 0.05) is 22.8 Å². The molecule has 2 amide bonds. The summed E-state index contributed by atoms with van der Waals surface area (Å²) in [5.74, 6) is -0.267. The maximum absolute atomic E-state index is 12.2. The Labute approximate surface area is 140 Å². The number of carbonyl (C=O) groups excluding carboxylic acids is 2. The van der Waals surface area contributed by atoms with Crippen molar-refractivity contribution in [3.05, 3.63) is 64.2 Å². The van der Waals surface area contributed by atoms with Gasteiger partial charge in [0.05, 0.1) is 6.42 Å². The van der Waals surface area contributed by atoms with Gasteiger partial charge < -0.3 is 10.6 Å². The van der Waals surface area contributed by atoms with Crippen molar-refractivity contribution < 1.29 is 9.59 Å². The van der Waals surface area contributed by atoms with Crippen LogP contribution >= 0.6 is 11.6 Å². The summed E-state index contributed by atoms with van der Waals surface area (Å²) >= 11 is 6.06. The molecule has 23 heavy (non-hydrogen) atoms. The number of carbonyl (C=O) groups is 2. The Hall–Kier alpha value is -2.33. The lowest BCUT2D eigenvalue weighted by molar-refractivity contribution is -0.115. The van der Waals surface area contributed by atoms with Crippen molar-refractivity contribution in [1.29, 1.82) is 0 Å². The third-order valence-corrected chi connectivity index (χ3v) is 3.78. The second-order valence-corrected chi connectivity index (χ2v) is 5.61. The molecule has 2 N–H and O–H groups in total. The van der Waals surface area contributed by atoms with E-state index in [0.29, 0.717) is 22.8 Å². The molecule has 0 aliphatic heterocycles. The van der Waals surface area contributed by atoms with Crippen molar-refractivity contribution in [2.45, 2.75) is 20.3 Å². The zero-order chi connectivity index (χ0) is 16.8. The molecule has 2 rings (SSSR count). The van der Waals surface area contributed by atoms with Gasteiger partial charge in [-0.05, 0) is 49.2 Å². The van der Waals surface area contributed by atoms with Gasteiger partial charge in [0.15, 0.2) is 0 Å². The molecule has 0 aromatic heterocycles. The highest BCUT2D eigenvalue weighted by Gasteiger charge is 2.10. The zero-order valence-electron chi connectivity index (χ0n) is 13.2. The highest BCUT2D eigenvalue weighted by molar-refractivity contribution is 6.31. The molecular weight excluding hydrogens is 312 g/mol. The predicted octanol–water partition coefficient (Wildman–Crippen LogP) is 3.58. The first-order valence-corrected chi connectivity index (χ1v) is 7.81. The molecular formula is C18H19ClN2O2. The van der Waals surface area contributed by atoms with Crippen LogP contribution in [0.15, 0.2) is 42.5 Å². The summed E-state index contributed by atoms with van der Waals surface area (Å²) in [4.78, 5) is 24.0. The lowest BCUT2D eigenvalue weighted by Gasteiger charge is -2.11. The molecule has 2 aromatic rings. The van der Waals surface area contributed by atoms with E-state index in [-0.39, 0.29) is 18.2 Å². The highest BCUT2D eigenvalue weighted by Crippen LogP contribution is 2.19. The third-order valence-electron chi connectivity index (χ3n) is 3.41. The number of amides is 2. The number of rotatable bonds is 5. The molecule has 120 valence electrons. The number of halogens is 1. The molecule has 0 fully saturated rings. The van der Waals surface area contributed by atoms with Crippen LogP contribution in [0, 0.1) is 6.92 Å².